The summed E-state index contributed by atoms with van der Waals surface area (Å²) in [5, 5.41) is 9.67. The van der Waals surface area contributed by atoms with E-state index in [9.17, 15) is 9.90 Å². The van der Waals surface area contributed by atoms with Gasteiger partial charge in [-0.25, -0.2) is 0 Å². The van der Waals surface area contributed by atoms with Crippen molar-refractivity contribution in [3.63, 3.8) is 0 Å². The number of benzene rings is 1. The fraction of sp³-hybridized carbons (Fsp3) is 0.308. The number of carbonyl (C=O) groups is 1. The Kier molecular flexibility index (Phi) is 2.46. The lowest BCUT2D eigenvalue weighted by atomic mass is 10.0. The number of phenolic OH excluding ortho intramolecular Hbond substituents is 1. The number of phenols is 1. The predicted octanol–water partition coefficient (Wildman–Crippen LogP) is 2.47. The quantitative estimate of drug-likeness (QED) is 0.612. The van der Waals surface area contributed by atoms with Gasteiger partial charge >= 0.3 is 0 Å². The van der Waals surface area contributed by atoms with Crippen LogP contribution < -0.4 is 4.74 Å². The van der Waals surface area contributed by atoms with Crippen LogP contribution in [0.4, 0.5) is 0 Å². The smallest absolute Gasteiger partial charge is 0.163 e. The van der Waals surface area contributed by atoms with Crippen molar-refractivity contribution in [2.75, 3.05) is 0 Å². The van der Waals surface area contributed by atoms with E-state index in [0.29, 0.717) is 17.7 Å². The minimum atomic E-state index is -0.164. The second-order valence-electron chi connectivity index (χ2n) is 4.19. The van der Waals surface area contributed by atoms with Crippen molar-refractivity contribution in [1.29, 1.82) is 0 Å². The second-order valence-corrected chi connectivity index (χ2v) is 4.19. The van der Waals surface area contributed by atoms with E-state index in [1.165, 1.54) is 6.92 Å². The molecule has 1 N–H and O–H groups in total. The van der Waals surface area contributed by atoms with Crippen LogP contribution in [0.25, 0.3) is 0 Å². The molecular formula is C13H14O3. The molecular weight excluding hydrogens is 204 g/mol. The Balaban J connectivity index is 2.40. The molecule has 1 atom stereocenters. The van der Waals surface area contributed by atoms with Gasteiger partial charge in [0.15, 0.2) is 5.78 Å². The van der Waals surface area contributed by atoms with Crippen molar-refractivity contribution in [2.45, 2.75) is 26.4 Å². The first-order valence-corrected chi connectivity index (χ1v) is 5.18. The molecule has 3 heteroatoms. The van der Waals surface area contributed by atoms with Crippen LogP contribution in [0.1, 0.15) is 29.8 Å². The van der Waals surface area contributed by atoms with Crippen molar-refractivity contribution in [3.8, 4) is 11.5 Å². The molecule has 0 bridgehead atoms. The van der Waals surface area contributed by atoms with Gasteiger partial charge < -0.3 is 9.84 Å². The highest BCUT2D eigenvalue weighted by atomic mass is 16.5. The van der Waals surface area contributed by atoms with Crippen LogP contribution in [-0.2, 0) is 6.42 Å². The largest absolute Gasteiger partial charge is 0.507 e. The Labute approximate surface area is 94.4 Å². The summed E-state index contributed by atoms with van der Waals surface area (Å²) in [4.78, 5) is 11.2. The van der Waals surface area contributed by atoms with Crippen LogP contribution in [0, 0.1) is 0 Å². The highest BCUT2D eigenvalue weighted by Crippen LogP contribution is 2.36. The summed E-state index contributed by atoms with van der Waals surface area (Å²) in [7, 11) is 0. The van der Waals surface area contributed by atoms with Crippen LogP contribution >= 0.6 is 0 Å². The molecule has 2 rings (SSSR count). The van der Waals surface area contributed by atoms with Gasteiger partial charge in [0.2, 0.25) is 0 Å². The first kappa shape index (κ1) is 10.7. The van der Waals surface area contributed by atoms with Crippen molar-refractivity contribution in [2.24, 2.45) is 0 Å². The van der Waals surface area contributed by atoms with E-state index in [2.05, 4.69) is 6.58 Å². The zero-order valence-corrected chi connectivity index (χ0v) is 9.41. The fourth-order valence-electron chi connectivity index (χ4n) is 1.83. The van der Waals surface area contributed by atoms with E-state index in [-0.39, 0.29) is 17.6 Å². The van der Waals surface area contributed by atoms with Gasteiger partial charge in [-0.3, -0.25) is 4.79 Å². The lowest BCUT2D eigenvalue weighted by Crippen LogP contribution is -2.13. The van der Waals surface area contributed by atoms with Crippen LogP contribution in [-0.4, -0.2) is 17.0 Å². The predicted molar refractivity (Wildman–Crippen MR) is 61.0 cm³/mol. The second kappa shape index (κ2) is 3.67. The average molecular weight is 218 g/mol. The molecule has 1 aliphatic rings. The van der Waals surface area contributed by atoms with Gasteiger partial charge in [-0.1, -0.05) is 6.58 Å². The van der Waals surface area contributed by atoms with E-state index >= 15 is 0 Å². The molecule has 1 aliphatic heterocycles. The van der Waals surface area contributed by atoms with Crippen molar-refractivity contribution >= 4 is 5.78 Å². The highest BCUT2D eigenvalue weighted by molar-refractivity contribution is 5.97. The van der Waals surface area contributed by atoms with Crippen LogP contribution in [0.3, 0.4) is 0 Å². The number of hydrogen-bond donors (Lipinski definition) is 1. The van der Waals surface area contributed by atoms with Crippen molar-refractivity contribution < 1.29 is 14.6 Å². The molecule has 3 nitrogen and oxygen atoms in total. The van der Waals surface area contributed by atoms with Gasteiger partial charge in [0.25, 0.3) is 0 Å². The first-order chi connectivity index (χ1) is 7.49. The molecule has 84 valence electrons. The highest BCUT2D eigenvalue weighted by Gasteiger charge is 2.25. The number of ether oxygens (including phenoxy) is 1. The molecule has 1 unspecified atom stereocenters. The average Bonchev–Trinajstić information content (AvgIpc) is 2.58. The Bertz CT molecular complexity index is 474. The minimum Gasteiger partial charge on any atom is -0.507 e. The molecule has 16 heavy (non-hydrogen) atoms. The molecule has 0 aromatic heterocycles. The summed E-state index contributed by atoms with van der Waals surface area (Å²) in [6, 6.07) is 3.21. The van der Waals surface area contributed by atoms with Crippen molar-refractivity contribution in [1.82, 2.24) is 0 Å². The summed E-state index contributed by atoms with van der Waals surface area (Å²) in [5.74, 6) is 0.538. The number of Topliss-reactive ketones (excluding diaryl/α,β-unsaturated/α-hetero) is 1. The van der Waals surface area contributed by atoms with E-state index in [0.717, 1.165) is 11.1 Å². The van der Waals surface area contributed by atoms with Crippen LogP contribution in [0.15, 0.2) is 24.3 Å². The van der Waals surface area contributed by atoms with Gasteiger partial charge in [-0.15, -0.1) is 0 Å². The maximum atomic E-state index is 11.2. The fourth-order valence-corrected chi connectivity index (χ4v) is 1.83. The molecule has 0 spiro atoms. The standard InChI is InChI=1S/C13H14O3/c1-7(2)12-5-9-4-11(15)10(8(3)14)6-13(9)16-12/h4,6,12,15H,1,5H2,2-3H3. The first-order valence-electron chi connectivity index (χ1n) is 5.18. The van der Waals surface area contributed by atoms with Gasteiger partial charge in [0.1, 0.15) is 17.6 Å². The number of hydrogen-bond acceptors (Lipinski definition) is 3. The SMILES string of the molecule is C=C(C)C1Cc2cc(O)c(C(C)=O)cc2O1. The Hall–Kier alpha value is -1.77. The summed E-state index contributed by atoms with van der Waals surface area (Å²) in [5.41, 5.74) is 2.18. The van der Waals surface area contributed by atoms with E-state index in [1.807, 2.05) is 6.92 Å². The minimum absolute atomic E-state index is 0.0252. The molecule has 1 aromatic rings. The van der Waals surface area contributed by atoms with Gasteiger partial charge in [-0.2, -0.15) is 0 Å². The zero-order valence-electron chi connectivity index (χ0n) is 9.41. The topological polar surface area (TPSA) is 46.5 Å². The number of carbonyl (C=O) groups excluding carboxylic acids is 1. The molecule has 0 amide bonds. The Morgan fingerprint density at radius 1 is 1.50 bits per heavy atom. The molecule has 0 aliphatic carbocycles. The normalized spacial score (nSPS) is 17.8. The summed E-state index contributed by atoms with van der Waals surface area (Å²) in [6.07, 6.45) is 0.660. The molecule has 0 saturated heterocycles. The number of aromatic hydroxyl groups is 1. The summed E-state index contributed by atoms with van der Waals surface area (Å²) in [6.45, 7) is 7.17. The van der Waals surface area contributed by atoms with E-state index in [1.54, 1.807) is 12.1 Å². The summed E-state index contributed by atoms with van der Waals surface area (Å²) < 4.78 is 5.65. The van der Waals surface area contributed by atoms with Gasteiger partial charge in [-0.05, 0) is 31.6 Å². The zero-order chi connectivity index (χ0) is 11.9. The monoisotopic (exact) mass is 218 g/mol. The molecule has 1 aromatic carbocycles. The van der Waals surface area contributed by atoms with Crippen LogP contribution in [0.2, 0.25) is 0 Å². The molecule has 1 heterocycles. The lowest BCUT2D eigenvalue weighted by Gasteiger charge is -2.09. The van der Waals surface area contributed by atoms with E-state index in [4.69, 9.17) is 4.74 Å². The molecule has 0 radical (unpaired) electrons. The Morgan fingerprint density at radius 3 is 2.75 bits per heavy atom. The molecule has 0 fully saturated rings. The third kappa shape index (κ3) is 1.69. The maximum absolute atomic E-state index is 11.2. The van der Waals surface area contributed by atoms with Crippen molar-refractivity contribution in [3.05, 3.63) is 35.4 Å². The third-order valence-corrected chi connectivity index (χ3v) is 2.78. The van der Waals surface area contributed by atoms with Gasteiger partial charge in [0.05, 0.1) is 5.56 Å². The summed E-state index contributed by atoms with van der Waals surface area (Å²) >= 11 is 0. The molecule has 0 saturated carbocycles. The maximum Gasteiger partial charge on any atom is 0.163 e. The van der Waals surface area contributed by atoms with E-state index < -0.39 is 0 Å². The number of rotatable bonds is 2. The number of ketones is 1. The van der Waals surface area contributed by atoms with Crippen LogP contribution in [0.5, 0.6) is 11.5 Å². The number of fused-ring (bicyclic) bond motifs is 1. The van der Waals surface area contributed by atoms with Gasteiger partial charge in [0, 0.05) is 12.0 Å². The Morgan fingerprint density at radius 2 is 2.19 bits per heavy atom. The third-order valence-electron chi connectivity index (χ3n) is 2.78. The lowest BCUT2D eigenvalue weighted by molar-refractivity contribution is 0.101.